The van der Waals surface area contributed by atoms with Crippen LogP contribution in [-0.4, -0.2) is 36.0 Å². The first-order chi connectivity index (χ1) is 13.9. The van der Waals surface area contributed by atoms with E-state index in [0.29, 0.717) is 23.7 Å². The monoisotopic (exact) mass is 413 g/mol. The lowest BCUT2D eigenvalue weighted by molar-refractivity contribution is 0.0950. The highest BCUT2D eigenvalue weighted by Crippen LogP contribution is 2.27. The maximum Gasteiger partial charge on any atom is 0.317 e. The minimum absolute atomic E-state index is 0.0138. The molecular weight excluding hydrogens is 386 g/mol. The molecule has 0 bridgehead atoms. The molecule has 0 aromatic heterocycles. The van der Waals surface area contributed by atoms with Crippen LogP contribution >= 0.6 is 11.6 Å². The predicted molar refractivity (Wildman–Crippen MR) is 116 cm³/mol. The van der Waals surface area contributed by atoms with Crippen molar-refractivity contribution in [3.8, 4) is 0 Å². The number of amides is 3. The van der Waals surface area contributed by atoms with Crippen LogP contribution in [-0.2, 0) is 6.54 Å². The molecule has 1 unspecified atom stereocenters. The smallest absolute Gasteiger partial charge is 0.317 e. The molecule has 3 rings (SSSR count). The molecule has 6 heteroatoms. The fourth-order valence-corrected chi connectivity index (χ4v) is 3.85. The average molecular weight is 414 g/mol. The van der Waals surface area contributed by atoms with Gasteiger partial charge in [-0.05, 0) is 62.1 Å². The van der Waals surface area contributed by atoms with Gasteiger partial charge in [-0.25, -0.2) is 4.79 Å². The van der Waals surface area contributed by atoms with E-state index in [9.17, 15) is 9.59 Å². The van der Waals surface area contributed by atoms with Crippen molar-refractivity contribution in [1.29, 1.82) is 0 Å². The van der Waals surface area contributed by atoms with Crippen molar-refractivity contribution in [1.82, 2.24) is 15.5 Å². The Morgan fingerprint density at radius 1 is 1.17 bits per heavy atom. The molecule has 2 N–H and O–H groups in total. The third-order valence-corrected chi connectivity index (χ3v) is 5.32. The highest BCUT2D eigenvalue weighted by molar-refractivity contribution is 6.30. The van der Waals surface area contributed by atoms with Crippen LogP contribution in [0.5, 0.6) is 0 Å². The molecule has 29 heavy (non-hydrogen) atoms. The molecule has 0 radical (unpaired) electrons. The number of piperidine rings is 1. The zero-order valence-corrected chi connectivity index (χ0v) is 17.7. The molecule has 1 saturated heterocycles. The number of benzene rings is 2. The molecule has 5 nitrogen and oxygen atoms in total. The van der Waals surface area contributed by atoms with Gasteiger partial charge in [-0.3, -0.25) is 4.79 Å². The molecule has 3 amide bonds. The van der Waals surface area contributed by atoms with Crippen molar-refractivity contribution in [2.75, 3.05) is 13.1 Å². The summed E-state index contributed by atoms with van der Waals surface area (Å²) in [5.41, 5.74) is 2.69. The van der Waals surface area contributed by atoms with Crippen molar-refractivity contribution in [2.45, 2.75) is 45.2 Å². The Morgan fingerprint density at radius 2 is 1.97 bits per heavy atom. The predicted octanol–water partition coefficient (Wildman–Crippen LogP) is 4.57. The van der Waals surface area contributed by atoms with Gasteiger partial charge in [0.2, 0.25) is 0 Å². The molecule has 1 fully saturated rings. The molecule has 2 aromatic rings. The minimum atomic E-state index is -0.114. The van der Waals surface area contributed by atoms with E-state index in [2.05, 4.69) is 10.6 Å². The van der Waals surface area contributed by atoms with Gasteiger partial charge in [0, 0.05) is 42.2 Å². The van der Waals surface area contributed by atoms with E-state index in [4.69, 9.17) is 11.6 Å². The Labute approximate surface area is 177 Å². The summed E-state index contributed by atoms with van der Waals surface area (Å²) < 4.78 is 0. The van der Waals surface area contributed by atoms with Gasteiger partial charge >= 0.3 is 6.03 Å². The first-order valence-electron chi connectivity index (χ1n) is 10.1. The number of carbonyl (C=O) groups is 2. The maximum atomic E-state index is 12.6. The summed E-state index contributed by atoms with van der Waals surface area (Å²) in [5, 5.41) is 6.57. The summed E-state index contributed by atoms with van der Waals surface area (Å²) in [7, 11) is 0. The molecule has 154 valence electrons. The number of nitrogens with one attached hydrogen (secondary N) is 2. The third kappa shape index (κ3) is 5.97. The van der Waals surface area contributed by atoms with Gasteiger partial charge in [-0.1, -0.05) is 35.9 Å². The number of likely N-dealkylation sites (tertiary alicyclic amines) is 1. The number of hydrogen-bond acceptors (Lipinski definition) is 2. The highest BCUT2D eigenvalue weighted by atomic mass is 35.5. The average Bonchev–Trinajstić information content (AvgIpc) is 2.72. The Bertz CT molecular complexity index is 869. The van der Waals surface area contributed by atoms with Crippen LogP contribution in [0, 0.1) is 0 Å². The number of halogens is 1. The van der Waals surface area contributed by atoms with Crippen molar-refractivity contribution < 1.29 is 9.59 Å². The normalized spacial score (nSPS) is 16.6. The zero-order valence-electron chi connectivity index (χ0n) is 17.0. The Morgan fingerprint density at radius 3 is 2.72 bits per heavy atom. The van der Waals surface area contributed by atoms with Gasteiger partial charge in [0.05, 0.1) is 0 Å². The van der Waals surface area contributed by atoms with E-state index in [0.717, 1.165) is 30.5 Å². The molecular formula is C23H28ClN3O2. The molecule has 0 aliphatic carbocycles. The van der Waals surface area contributed by atoms with Gasteiger partial charge in [0.1, 0.15) is 0 Å². The summed E-state index contributed by atoms with van der Waals surface area (Å²) in [6.45, 7) is 5.80. The van der Waals surface area contributed by atoms with Crippen LogP contribution in [0.4, 0.5) is 4.79 Å². The molecule has 1 aliphatic rings. The fourth-order valence-electron chi connectivity index (χ4n) is 3.64. The van der Waals surface area contributed by atoms with E-state index in [1.807, 2.05) is 67.3 Å². The second-order valence-corrected chi connectivity index (χ2v) is 8.26. The number of hydrogen-bond donors (Lipinski definition) is 2. The largest absolute Gasteiger partial charge is 0.348 e. The van der Waals surface area contributed by atoms with Gasteiger partial charge in [-0.15, -0.1) is 0 Å². The van der Waals surface area contributed by atoms with Crippen LogP contribution in [0.1, 0.15) is 54.1 Å². The van der Waals surface area contributed by atoms with Gasteiger partial charge in [-0.2, -0.15) is 0 Å². The first-order valence-corrected chi connectivity index (χ1v) is 10.5. The first kappa shape index (κ1) is 21.2. The Hall–Kier alpha value is -2.53. The van der Waals surface area contributed by atoms with Crippen molar-refractivity contribution in [2.24, 2.45) is 0 Å². The topological polar surface area (TPSA) is 61.4 Å². The van der Waals surface area contributed by atoms with Crippen LogP contribution in [0.3, 0.4) is 0 Å². The zero-order chi connectivity index (χ0) is 20.8. The molecule has 1 aliphatic heterocycles. The number of urea groups is 1. The SMILES string of the molecule is CC(C)NC(=O)N1CCCC(c2cccc(C(=O)NCc3cccc(Cl)c3)c2)C1. The van der Waals surface area contributed by atoms with Crippen LogP contribution in [0.25, 0.3) is 0 Å². The Balaban J connectivity index is 1.63. The van der Waals surface area contributed by atoms with Crippen LogP contribution < -0.4 is 10.6 Å². The van der Waals surface area contributed by atoms with Crippen LogP contribution in [0.2, 0.25) is 5.02 Å². The number of rotatable bonds is 5. The molecule has 1 atom stereocenters. The van der Waals surface area contributed by atoms with Crippen molar-refractivity contribution in [3.05, 3.63) is 70.2 Å². The van der Waals surface area contributed by atoms with Gasteiger partial charge < -0.3 is 15.5 Å². The second kappa shape index (κ2) is 9.79. The van der Waals surface area contributed by atoms with Crippen molar-refractivity contribution >= 4 is 23.5 Å². The minimum Gasteiger partial charge on any atom is -0.348 e. The molecule has 0 spiro atoms. The highest BCUT2D eigenvalue weighted by Gasteiger charge is 2.25. The number of nitrogens with zero attached hydrogens (tertiary/aromatic N) is 1. The van der Waals surface area contributed by atoms with E-state index < -0.39 is 0 Å². The second-order valence-electron chi connectivity index (χ2n) is 7.83. The molecule has 2 aromatic carbocycles. The third-order valence-electron chi connectivity index (χ3n) is 5.08. The summed E-state index contributed by atoms with van der Waals surface area (Å²) in [6, 6.07) is 15.3. The quantitative estimate of drug-likeness (QED) is 0.754. The Kier molecular flexibility index (Phi) is 7.15. The standard InChI is InChI=1S/C23H28ClN3O2/c1-16(2)26-23(29)27-11-5-9-20(15-27)18-7-4-8-19(13-18)22(28)25-14-17-6-3-10-21(24)12-17/h3-4,6-8,10,12-13,16,20H,5,9,11,14-15H2,1-2H3,(H,25,28)(H,26,29). The maximum absolute atomic E-state index is 12.6. The van der Waals surface area contributed by atoms with Gasteiger partial charge in [0.15, 0.2) is 0 Å². The summed E-state index contributed by atoms with van der Waals surface area (Å²) >= 11 is 6.00. The van der Waals surface area contributed by atoms with E-state index in [1.165, 1.54) is 0 Å². The lowest BCUT2D eigenvalue weighted by Gasteiger charge is -2.33. The van der Waals surface area contributed by atoms with E-state index in [-0.39, 0.29) is 23.9 Å². The summed E-state index contributed by atoms with van der Waals surface area (Å²) in [4.78, 5) is 26.8. The van der Waals surface area contributed by atoms with E-state index in [1.54, 1.807) is 0 Å². The van der Waals surface area contributed by atoms with Crippen LogP contribution in [0.15, 0.2) is 48.5 Å². The fraction of sp³-hybridized carbons (Fsp3) is 0.391. The van der Waals surface area contributed by atoms with Crippen molar-refractivity contribution in [3.63, 3.8) is 0 Å². The summed E-state index contributed by atoms with van der Waals surface area (Å²) in [5.74, 6) is 0.124. The molecule has 1 heterocycles. The summed E-state index contributed by atoms with van der Waals surface area (Å²) in [6.07, 6.45) is 1.97. The number of carbonyl (C=O) groups excluding carboxylic acids is 2. The lowest BCUT2D eigenvalue weighted by Crippen LogP contribution is -2.47. The molecule has 0 saturated carbocycles. The van der Waals surface area contributed by atoms with E-state index >= 15 is 0 Å². The van der Waals surface area contributed by atoms with Gasteiger partial charge in [0.25, 0.3) is 5.91 Å². The lowest BCUT2D eigenvalue weighted by atomic mass is 9.89.